The summed E-state index contributed by atoms with van der Waals surface area (Å²) in [4.78, 5) is 38.5. The number of morpholine rings is 1. The number of anilines is 1. The highest BCUT2D eigenvalue weighted by Crippen LogP contribution is 2.40. The topological polar surface area (TPSA) is 255 Å². The fourth-order valence-electron chi connectivity index (χ4n) is 12.2. The van der Waals surface area contributed by atoms with Crippen LogP contribution in [0.1, 0.15) is 113 Å². The van der Waals surface area contributed by atoms with Crippen LogP contribution in [0.2, 0.25) is 0 Å². The molecule has 7 N–H and O–H groups in total. The average molecular weight is 1120 g/mol. The van der Waals surface area contributed by atoms with Gasteiger partial charge in [0, 0.05) is 75.9 Å². The van der Waals surface area contributed by atoms with Crippen LogP contribution in [0, 0.1) is 17.8 Å². The lowest BCUT2D eigenvalue weighted by atomic mass is 9.77. The molecule has 0 bridgehead atoms. The Morgan fingerprint density at radius 3 is 2.22 bits per heavy atom. The average Bonchev–Trinajstić information content (AvgIpc) is 3.46. The van der Waals surface area contributed by atoms with Crippen molar-refractivity contribution in [3.05, 3.63) is 48.2 Å². The van der Waals surface area contributed by atoms with Crippen LogP contribution < -0.4 is 10.2 Å². The zero-order chi connectivity index (χ0) is 58.3. The molecule has 4 fully saturated rings. The lowest BCUT2D eigenvalue weighted by molar-refractivity contribution is -0.318. The summed E-state index contributed by atoms with van der Waals surface area (Å²) >= 11 is 0. The number of aliphatic hydroxyl groups is 6. The number of benzene rings is 1. The quantitative estimate of drug-likeness (QED) is 0.118. The van der Waals surface area contributed by atoms with Gasteiger partial charge in [0.15, 0.2) is 12.6 Å². The Bertz CT molecular complexity index is 2230. The van der Waals surface area contributed by atoms with Crippen molar-refractivity contribution in [3.63, 3.8) is 0 Å². The number of aromatic nitrogens is 1. The molecule has 0 saturated carbocycles. The van der Waals surface area contributed by atoms with Crippen molar-refractivity contribution in [2.75, 3.05) is 72.2 Å². The number of carbonyl (C=O) groups is 2. The van der Waals surface area contributed by atoms with Gasteiger partial charge in [-0.15, -0.1) is 0 Å². The Morgan fingerprint density at radius 2 is 1.61 bits per heavy atom. The normalized spacial score (nSPS) is 38.6. The van der Waals surface area contributed by atoms with Gasteiger partial charge in [0.25, 0.3) is 0 Å². The molecular weight excluding hydrogens is 1030 g/mol. The first kappa shape index (κ1) is 64.6. The molecule has 0 spiro atoms. The molecule has 0 unspecified atom stereocenters. The number of methoxy groups -OCH3 is 1. The standard InChI is InChI=1S/C58H94FN5O15/c1-14-44-58(10,72)51(68)37(6)63(12)32-33(2)28-56(8,71)53(35(4)50(36(5)54(70)77-44)78-47-29-57(9,73-13)52(69)38(7)76-47)79-55-49(67)43(27-34(3)75-55)62(11)22-21-46(65)61-42(30-59)48(66)40-17-15-39(16-18-40)41-19-20-45(60-31-41)64-23-25-74-26-24-64/h15-20,31,33-38,42-44,47-53,55,66-69,71-72H,14,21-30,32H2,1-13H3,(H,61,65)/t33-,34-,35+,36-,37-,38+,42-,43+,44-,47+,48-,49-,50+,51-,52+,53-,55+,56-,57-,58-/m1/s1. The van der Waals surface area contributed by atoms with Gasteiger partial charge in [-0.3, -0.25) is 9.59 Å². The summed E-state index contributed by atoms with van der Waals surface area (Å²) in [5.41, 5.74) is -2.52. The number of hydrogen-bond acceptors (Lipinski definition) is 19. The predicted octanol–water partition coefficient (Wildman–Crippen LogP) is 3.75. The Balaban J connectivity index is 1.19. The van der Waals surface area contributed by atoms with Gasteiger partial charge in [0.2, 0.25) is 5.91 Å². The zero-order valence-electron chi connectivity index (χ0n) is 48.9. The number of pyridine rings is 1. The Morgan fingerprint density at radius 1 is 0.949 bits per heavy atom. The smallest absolute Gasteiger partial charge is 0.311 e. The number of likely N-dealkylation sites (N-methyl/N-ethyl adjacent to an activating group) is 2. The van der Waals surface area contributed by atoms with Crippen molar-refractivity contribution in [2.45, 2.75) is 204 Å². The van der Waals surface area contributed by atoms with E-state index in [-0.39, 0.29) is 38.1 Å². The highest BCUT2D eigenvalue weighted by molar-refractivity contribution is 5.76. The molecule has 4 aliphatic heterocycles. The van der Waals surface area contributed by atoms with Gasteiger partial charge in [0.1, 0.15) is 48.6 Å². The summed E-state index contributed by atoms with van der Waals surface area (Å²) in [5.74, 6) is -2.66. The van der Waals surface area contributed by atoms with Gasteiger partial charge in [-0.05, 0) is 111 Å². The van der Waals surface area contributed by atoms with Crippen LogP contribution in [0.3, 0.4) is 0 Å². The molecule has 79 heavy (non-hydrogen) atoms. The van der Waals surface area contributed by atoms with Gasteiger partial charge in [-0.2, -0.15) is 0 Å². The van der Waals surface area contributed by atoms with E-state index >= 15 is 0 Å². The minimum Gasteiger partial charge on any atom is -0.459 e. The molecule has 0 radical (unpaired) electrons. The van der Waals surface area contributed by atoms with Crippen LogP contribution in [0.25, 0.3) is 11.1 Å². The minimum absolute atomic E-state index is 0.0588. The van der Waals surface area contributed by atoms with Crippen molar-refractivity contribution in [1.29, 1.82) is 0 Å². The molecule has 20 nitrogen and oxygen atoms in total. The summed E-state index contributed by atoms with van der Waals surface area (Å²) in [6.45, 7) is 19.5. The van der Waals surface area contributed by atoms with E-state index in [9.17, 15) is 44.6 Å². The second-order valence-corrected chi connectivity index (χ2v) is 23.8. The molecular formula is C58H94FN5O15. The number of carbonyl (C=O) groups excluding carboxylic acids is 2. The number of alkyl halides is 1. The fraction of sp³-hybridized carbons (Fsp3) is 0.776. The van der Waals surface area contributed by atoms with Crippen molar-refractivity contribution in [1.82, 2.24) is 20.1 Å². The van der Waals surface area contributed by atoms with Crippen LogP contribution in [0.4, 0.5) is 10.2 Å². The highest BCUT2D eigenvalue weighted by Gasteiger charge is 2.53. The predicted molar refractivity (Wildman–Crippen MR) is 293 cm³/mol. The van der Waals surface area contributed by atoms with Crippen LogP contribution in [0.5, 0.6) is 0 Å². The first-order chi connectivity index (χ1) is 37.2. The second-order valence-electron chi connectivity index (χ2n) is 23.8. The molecule has 2 aromatic rings. The molecule has 1 aromatic heterocycles. The van der Waals surface area contributed by atoms with Gasteiger partial charge in [-0.25, -0.2) is 9.37 Å². The molecule has 0 aliphatic carbocycles. The van der Waals surface area contributed by atoms with E-state index in [4.69, 9.17) is 33.2 Å². The molecule has 20 atom stereocenters. The third-order valence-electron chi connectivity index (χ3n) is 17.4. The van der Waals surface area contributed by atoms with E-state index in [1.807, 2.05) is 43.0 Å². The number of cyclic esters (lactones) is 1. The number of nitrogens with one attached hydrogen (secondary N) is 1. The van der Waals surface area contributed by atoms with Gasteiger partial charge >= 0.3 is 5.97 Å². The number of hydrogen-bond donors (Lipinski definition) is 7. The van der Waals surface area contributed by atoms with E-state index in [0.29, 0.717) is 31.7 Å². The van der Waals surface area contributed by atoms with E-state index in [0.717, 1.165) is 30.0 Å². The number of halogens is 1. The van der Waals surface area contributed by atoms with Crippen molar-refractivity contribution in [2.24, 2.45) is 17.8 Å². The third-order valence-corrected chi connectivity index (χ3v) is 17.4. The van der Waals surface area contributed by atoms with Crippen LogP contribution in [-0.4, -0.2) is 221 Å². The molecule has 1 aromatic carbocycles. The van der Waals surface area contributed by atoms with Crippen molar-refractivity contribution in [3.8, 4) is 11.1 Å². The van der Waals surface area contributed by atoms with Crippen LogP contribution in [0.15, 0.2) is 42.6 Å². The van der Waals surface area contributed by atoms with Crippen molar-refractivity contribution >= 4 is 17.7 Å². The number of amides is 1. The maximum Gasteiger partial charge on any atom is 0.311 e. The van der Waals surface area contributed by atoms with Gasteiger partial charge in [0.05, 0.1) is 60.8 Å². The summed E-state index contributed by atoms with van der Waals surface area (Å²) in [6, 6.07) is 8.50. The molecule has 448 valence electrons. The first-order valence-electron chi connectivity index (χ1n) is 28.3. The molecule has 6 rings (SSSR count). The second kappa shape index (κ2) is 27.7. The summed E-state index contributed by atoms with van der Waals surface area (Å²) in [5, 5.41) is 73.7. The Hall–Kier alpha value is -3.52. The molecule has 21 heteroatoms. The molecule has 4 aliphatic rings. The number of esters is 1. The van der Waals surface area contributed by atoms with E-state index < -0.39 is 133 Å². The summed E-state index contributed by atoms with van der Waals surface area (Å²) < 4.78 is 58.2. The van der Waals surface area contributed by atoms with Gasteiger partial charge in [-0.1, -0.05) is 45.0 Å². The maximum absolute atomic E-state index is 14.6. The SMILES string of the molecule is CC[C@H]1OC(=O)[C@H](C)[C@@H](O[C@H]2C[C@@](C)(OC)[C@@H](O)[C@H](C)O2)[C@H](C)[C@@H](O[C@@H]2O[C@H](C)C[C@H](N(C)CCC(=O)N[C@H](CF)[C@H](O)c3ccc(-c4ccc(N5CCOCC5)nc4)cc3)[C@H]2O)[C@](C)(O)C[C@@H](C)CN(C)[C@H](C)[C@@H](O)[C@]1(C)O. The molecule has 4 saturated heterocycles. The number of nitrogens with zero attached hydrogens (tertiary/aromatic N) is 4. The summed E-state index contributed by atoms with van der Waals surface area (Å²) in [7, 11) is 5.03. The third kappa shape index (κ3) is 15.6. The van der Waals surface area contributed by atoms with Crippen LogP contribution >= 0.6 is 0 Å². The van der Waals surface area contributed by atoms with E-state index in [2.05, 4.69) is 15.2 Å². The number of ether oxygens (including phenoxy) is 7. The lowest BCUT2D eigenvalue weighted by Crippen LogP contribution is -2.61. The maximum atomic E-state index is 14.6. The Kier molecular flexibility index (Phi) is 22.7. The largest absolute Gasteiger partial charge is 0.459 e. The Labute approximate surface area is 467 Å². The monoisotopic (exact) mass is 1120 g/mol. The number of aliphatic hydroxyl groups excluding tert-OH is 4. The first-order valence-corrected chi connectivity index (χ1v) is 28.3. The molecule has 1 amide bonds. The minimum atomic E-state index is -1.87. The van der Waals surface area contributed by atoms with Gasteiger partial charge < -0.3 is 83.8 Å². The van der Waals surface area contributed by atoms with E-state index in [1.165, 1.54) is 14.0 Å². The molecule has 5 heterocycles. The lowest BCUT2D eigenvalue weighted by Gasteiger charge is -2.49. The highest BCUT2D eigenvalue weighted by atomic mass is 19.1. The fourth-order valence-corrected chi connectivity index (χ4v) is 12.2. The van der Waals surface area contributed by atoms with E-state index in [1.54, 1.807) is 85.8 Å². The van der Waals surface area contributed by atoms with Crippen molar-refractivity contribution < 1.29 is 77.8 Å². The number of rotatable bonds is 16. The van der Waals surface area contributed by atoms with Crippen LogP contribution in [-0.2, 0) is 42.7 Å². The zero-order valence-corrected chi connectivity index (χ0v) is 48.9. The summed E-state index contributed by atoms with van der Waals surface area (Å²) in [6.07, 6.45) is -9.79.